The van der Waals surface area contributed by atoms with Crippen molar-refractivity contribution in [3.63, 3.8) is 0 Å². The van der Waals surface area contributed by atoms with Crippen molar-refractivity contribution >= 4 is 15.6 Å². The van der Waals surface area contributed by atoms with E-state index in [0.29, 0.717) is 0 Å². The van der Waals surface area contributed by atoms with E-state index in [1.54, 1.807) is 36.4 Å². The summed E-state index contributed by atoms with van der Waals surface area (Å²) in [4.78, 5) is 12.0. The number of sulfone groups is 1. The van der Waals surface area contributed by atoms with E-state index in [1.807, 2.05) is 25.1 Å². The number of hydrogen-bond donors (Lipinski definition) is 1. The molecule has 0 radical (unpaired) electrons. The summed E-state index contributed by atoms with van der Waals surface area (Å²) in [7, 11) is -3.71. The van der Waals surface area contributed by atoms with E-state index >= 15 is 0 Å². The highest BCUT2D eigenvalue weighted by atomic mass is 32.2. The van der Waals surface area contributed by atoms with Crippen molar-refractivity contribution in [3.05, 3.63) is 77.9 Å². The van der Waals surface area contributed by atoms with Gasteiger partial charge in [-0.25, -0.2) is 8.42 Å². The molecule has 0 aliphatic heterocycles. The van der Waals surface area contributed by atoms with Crippen LogP contribution in [0.15, 0.2) is 71.6 Å². The van der Waals surface area contributed by atoms with Gasteiger partial charge in [0.2, 0.25) is 0 Å². The van der Waals surface area contributed by atoms with E-state index in [0.717, 1.165) is 11.1 Å². The van der Waals surface area contributed by atoms with Gasteiger partial charge in [0.1, 0.15) is 5.60 Å². The van der Waals surface area contributed by atoms with Gasteiger partial charge in [-0.3, -0.25) is 4.79 Å². The van der Waals surface area contributed by atoms with Gasteiger partial charge in [-0.05, 0) is 36.8 Å². The van der Waals surface area contributed by atoms with Gasteiger partial charge in [-0.1, -0.05) is 48.0 Å². The molecule has 2 atom stereocenters. The second kappa shape index (κ2) is 6.58. The normalized spacial score (nSPS) is 23.6. The van der Waals surface area contributed by atoms with Gasteiger partial charge >= 0.3 is 0 Å². The molecular weight excluding hydrogens is 336 g/mol. The van der Waals surface area contributed by atoms with Gasteiger partial charge in [0.05, 0.1) is 10.6 Å². The summed E-state index contributed by atoms with van der Waals surface area (Å²) in [5, 5.41) is 11.1. The van der Waals surface area contributed by atoms with Crippen LogP contribution in [0.5, 0.6) is 0 Å². The number of carbonyl (C=O) groups is 1. The number of ketones is 1. The maximum atomic E-state index is 12.8. The lowest BCUT2D eigenvalue weighted by atomic mass is 9.76. The van der Waals surface area contributed by atoms with Crippen LogP contribution in [0.4, 0.5) is 0 Å². The first-order valence-corrected chi connectivity index (χ1v) is 9.74. The first-order valence-electron chi connectivity index (χ1n) is 8.09. The molecule has 2 aromatic rings. The van der Waals surface area contributed by atoms with Crippen LogP contribution in [0.2, 0.25) is 0 Å². The molecule has 3 rings (SSSR count). The lowest BCUT2D eigenvalue weighted by Gasteiger charge is -2.36. The molecule has 0 amide bonds. The zero-order valence-corrected chi connectivity index (χ0v) is 14.7. The summed E-state index contributed by atoms with van der Waals surface area (Å²) in [6.07, 6.45) is 2.70. The first kappa shape index (κ1) is 17.6. The van der Waals surface area contributed by atoms with Crippen LogP contribution in [0, 0.1) is 6.92 Å². The number of benzene rings is 2. The predicted molar refractivity (Wildman–Crippen MR) is 96.1 cm³/mol. The Labute approximate surface area is 147 Å². The monoisotopic (exact) mass is 356 g/mol. The minimum atomic E-state index is -3.71. The molecule has 4 nitrogen and oxygen atoms in total. The van der Waals surface area contributed by atoms with Crippen molar-refractivity contribution in [1.29, 1.82) is 0 Å². The van der Waals surface area contributed by atoms with E-state index in [2.05, 4.69) is 0 Å². The SMILES string of the molecule is Cc1ccc(S(=O)(=O)C[C@@]2(O)C=CC(=O)C[C@@H]2c2ccccc2)cc1. The fourth-order valence-electron chi connectivity index (χ4n) is 3.17. The molecule has 0 heterocycles. The highest BCUT2D eigenvalue weighted by Crippen LogP contribution is 2.38. The third-order valence-corrected chi connectivity index (χ3v) is 6.40. The Kier molecular flexibility index (Phi) is 4.62. The molecule has 0 unspecified atom stereocenters. The van der Waals surface area contributed by atoms with Crippen molar-refractivity contribution in [1.82, 2.24) is 0 Å². The number of aryl methyl sites for hydroxylation is 1. The van der Waals surface area contributed by atoms with Gasteiger partial charge in [0, 0.05) is 12.3 Å². The van der Waals surface area contributed by atoms with E-state index in [1.165, 1.54) is 12.2 Å². The Morgan fingerprint density at radius 3 is 2.36 bits per heavy atom. The van der Waals surface area contributed by atoms with Crippen LogP contribution in [0.3, 0.4) is 0 Å². The molecule has 130 valence electrons. The molecule has 0 fully saturated rings. The zero-order valence-electron chi connectivity index (χ0n) is 13.9. The van der Waals surface area contributed by atoms with E-state index < -0.39 is 27.1 Å². The van der Waals surface area contributed by atoms with Crippen LogP contribution in [-0.4, -0.2) is 30.7 Å². The summed E-state index contributed by atoms with van der Waals surface area (Å²) < 4.78 is 25.6. The highest BCUT2D eigenvalue weighted by Gasteiger charge is 2.43. The summed E-state index contributed by atoms with van der Waals surface area (Å²) in [5.74, 6) is -1.18. The van der Waals surface area contributed by atoms with Crippen molar-refractivity contribution in [2.45, 2.75) is 29.8 Å². The van der Waals surface area contributed by atoms with Crippen LogP contribution < -0.4 is 0 Å². The van der Waals surface area contributed by atoms with Crippen molar-refractivity contribution < 1.29 is 18.3 Å². The summed E-state index contributed by atoms with van der Waals surface area (Å²) in [6.45, 7) is 1.88. The Balaban J connectivity index is 1.98. The molecule has 1 N–H and O–H groups in total. The highest BCUT2D eigenvalue weighted by molar-refractivity contribution is 7.91. The maximum absolute atomic E-state index is 12.8. The van der Waals surface area contributed by atoms with Gasteiger partial charge in [-0.2, -0.15) is 0 Å². The molecule has 2 aromatic carbocycles. The Hall–Kier alpha value is -2.24. The van der Waals surface area contributed by atoms with Crippen LogP contribution in [0.25, 0.3) is 0 Å². The minimum Gasteiger partial charge on any atom is -0.384 e. The van der Waals surface area contributed by atoms with E-state index in [9.17, 15) is 18.3 Å². The number of aliphatic hydroxyl groups is 1. The van der Waals surface area contributed by atoms with Gasteiger partial charge in [0.25, 0.3) is 0 Å². The summed E-state index contributed by atoms with van der Waals surface area (Å²) in [6, 6.07) is 15.6. The predicted octanol–water partition coefficient (Wildman–Crippen LogP) is 2.81. The molecule has 5 heteroatoms. The van der Waals surface area contributed by atoms with E-state index in [-0.39, 0.29) is 17.1 Å². The Morgan fingerprint density at radius 2 is 1.72 bits per heavy atom. The smallest absolute Gasteiger partial charge is 0.181 e. The number of rotatable bonds is 4. The Bertz CT molecular complexity index is 898. The topological polar surface area (TPSA) is 71.4 Å². The largest absolute Gasteiger partial charge is 0.384 e. The molecule has 0 aromatic heterocycles. The van der Waals surface area contributed by atoms with Crippen LogP contribution in [-0.2, 0) is 14.6 Å². The zero-order chi connectivity index (χ0) is 18.1. The number of carbonyl (C=O) groups excluding carboxylic acids is 1. The molecule has 1 aliphatic rings. The van der Waals surface area contributed by atoms with Crippen molar-refractivity contribution in [2.75, 3.05) is 5.75 Å². The first-order chi connectivity index (χ1) is 11.8. The molecule has 0 saturated heterocycles. The molecule has 25 heavy (non-hydrogen) atoms. The fourth-order valence-corrected chi connectivity index (χ4v) is 4.80. The lowest BCUT2D eigenvalue weighted by molar-refractivity contribution is -0.117. The Morgan fingerprint density at radius 1 is 1.08 bits per heavy atom. The molecular formula is C20H20O4S. The molecule has 0 spiro atoms. The van der Waals surface area contributed by atoms with Gasteiger partial charge in [-0.15, -0.1) is 0 Å². The van der Waals surface area contributed by atoms with Crippen LogP contribution >= 0.6 is 0 Å². The van der Waals surface area contributed by atoms with Crippen molar-refractivity contribution in [2.24, 2.45) is 0 Å². The minimum absolute atomic E-state index is 0.0838. The number of allylic oxidation sites excluding steroid dienone is 1. The van der Waals surface area contributed by atoms with Crippen LogP contribution in [0.1, 0.15) is 23.5 Å². The summed E-state index contributed by atoms with van der Waals surface area (Å²) >= 11 is 0. The third-order valence-electron chi connectivity index (χ3n) is 4.57. The quantitative estimate of drug-likeness (QED) is 0.914. The third kappa shape index (κ3) is 3.72. The van der Waals surface area contributed by atoms with E-state index in [4.69, 9.17) is 0 Å². The van der Waals surface area contributed by atoms with Crippen molar-refractivity contribution in [3.8, 4) is 0 Å². The average molecular weight is 356 g/mol. The second-order valence-electron chi connectivity index (χ2n) is 6.53. The average Bonchev–Trinajstić information content (AvgIpc) is 2.58. The molecule has 1 aliphatic carbocycles. The number of hydrogen-bond acceptors (Lipinski definition) is 4. The summed E-state index contributed by atoms with van der Waals surface area (Å²) in [5.41, 5.74) is 0.0868. The fraction of sp³-hybridized carbons (Fsp3) is 0.250. The molecule has 0 saturated carbocycles. The lowest BCUT2D eigenvalue weighted by Crippen LogP contribution is -2.44. The standard InChI is InChI=1S/C20H20O4S/c1-15-7-9-18(10-8-15)25(23,24)14-20(22)12-11-17(21)13-19(20)16-5-3-2-4-6-16/h2-12,19,22H,13-14H2,1H3/t19-,20+/m1/s1. The van der Waals surface area contributed by atoms with Gasteiger partial charge < -0.3 is 5.11 Å². The second-order valence-corrected chi connectivity index (χ2v) is 8.52. The molecule has 0 bridgehead atoms. The van der Waals surface area contributed by atoms with Gasteiger partial charge in [0.15, 0.2) is 15.6 Å². The maximum Gasteiger partial charge on any atom is 0.181 e.